The topological polar surface area (TPSA) is 56.8 Å². The van der Waals surface area contributed by atoms with Crippen LogP contribution in [0.2, 0.25) is 0 Å². The first-order chi connectivity index (χ1) is 23.2. The molecule has 1 N–H and O–H groups in total. The number of unbranched alkanes of at least 4 members (excludes halogenated alkanes) is 15. The molecule has 5 nitrogen and oxygen atoms in total. The summed E-state index contributed by atoms with van der Waals surface area (Å²) in [6, 6.07) is 30.7. The summed E-state index contributed by atoms with van der Waals surface area (Å²) in [5, 5.41) is 2.58. The van der Waals surface area contributed by atoms with Gasteiger partial charge in [-0.15, -0.1) is 0 Å². The molecule has 3 aromatic rings. The number of hydrogen-bond donors (Lipinski definition) is 1. The highest BCUT2D eigenvalue weighted by Gasteiger charge is 2.38. The Balaban J connectivity index is 1.42. The van der Waals surface area contributed by atoms with Gasteiger partial charge in [-0.2, -0.15) is 0 Å². The van der Waals surface area contributed by atoms with E-state index in [0.717, 1.165) is 29.5 Å². The summed E-state index contributed by atoms with van der Waals surface area (Å²) in [5.41, 5.74) is 2.13. The second-order valence-corrected chi connectivity index (χ2v) is 12.7. The number of hydrogen-bond acceptors (Lipinski definition) is 4. The molecule has 0 aliphatic rings. The molecule has 0 fully saturated rings. The van der Waals surface area contributed by atoms with Gasteiger partial charge in [0.1, 0.15) is 5.60 Å². The van der Waals surface area contributed by atoms with Crippen LogP contribution in [0.1, 0.15) is 126 Å². The standard InChI is InChI=1S/C42H61NO4/c1-3-4-5-6-7-8-9-10-11-12-13-14-15-16-17-27-34-45-35-40(47-41(44)43-2)36-46-42(37-28-21-18-22-29-37,38-30-23-19-24-31-38)39-32-25-20-26-33-39/h18-26,28-33,40H,3-17,27,34-36H2,1-2H3,(H,43,44)/t40-/m1/s1. The third-order valence-electron chi connectivity index (χ3n) is 8.95. The molecule has 0 heterocycles. The van der Waals surface area contributed by atoms with E-state index in [4.69, 9.17) is 14.2 Å². The largest absolute Gasteiger partial charge is 0.441 e. The van der Waals surface area contributed by atoms with Gasteiger partial charge in [0.2, 0.25) is 0 Å². The molecule has 3 aromatic carbocycles. The van der Waals surface area contributed by atoms with E-state index in [9.17, 15) is 4.79 Å². The Morgan fingerprint density at radius 2 is 0.957 bits per heavy atom. The van der Waals surface area contributed by atoms with Crippen molar-refractivity contribution in [1.82, 2.24) is 5.32 Å². The fraction of sp³-hybridized carbons (Fsp3) is 0.548. The molecule has 1 amide bonds. The van der Waals surface area contributed by atoms with Crippen LogP contribution in [0.15, 0.2) is 91.0 Å². The molecule has 0 aliphatic heterocycles. The van der Waals surface area contributed by atoms with Crippen molar-refractivity contribution >= 4 is 6.09 Å². The van der Waals surface area contributed by atoms with Crippen molar-refractivity contribution in [3.05, 3.63) is 108 Å². The predicted molar refractivity (Wildman–Crippen MR) is 195 cm³/mol. The van der Waals surface area contributed by atoms with Crippen LogP contribution in [-0.2, 0) is 19.8 Å². The van der Waals surface area contributed by atoms with Crippen LogP contribution >= 0.6 is 0 Å². The van der Waals surface area contributed by atoms with Crippen LogP contribution in [0.3, 0.4) is 0 Å². The Hall–Kier alpha value is -3.15. The lowest BCUT2D eigenvalue weighted by atomic mass is 9.80. The summed E-state index contributed by atoms with van der Waals surface area (Å²) in [4.78, 5) is 12.3. The second-order valence-electron chi connectivity index (χ2n) is 12.7. The fourth-order valence-corrected chi connectivity index (χ4v) is 6.28. The number of ether oxygens (including phenoxy) is 3. The van der Waals surface area contributed by atoms with E-state index in [1.807, 2.05) is 54.6 Å². The van der Waals surface area contributed by atoms with Crippen LogP contribution in [0.25, 0.3) is 0 Å². The van der Waals surface area contributed by atoms with Crippen LogP contribution < -0.4 is 5.32 Å². The molecule has 3 rings (SSSR count). The fourth-order valence-electron chi connectivity index (χ4n) is 6.28. The van der Waals surface area contributed by atoms with Gasteiger partial charge in [-0.3, -0.25) is 0 Å². The van der Waals surface area contributed by atoms with Gasteiger partial charge >= 0.3 is 6.09 Å². The lowest BCUT2D eigenvalue weighted by Gasteiger charge is -2.37. The van der Waals surface area contributed by atoms with Crippen LogP contribution in [0, 0.1) is 0 Å². The minimum Gasteiger partial charge on any atom is -0.441 e. The maximum Gasteiger partial charge on any atom is 0.407 e. The predicted octanol–water partition coefficient (Wildman–Crippen LogP) is 11.0. The van der Waals surface area contributed by atoms with Gasteiger partial charge < -0.3 is 19.5 Å². The molecular weight excluding hydrogens is 582 g/mol. The summed E-state index contributed by atoms with van der Waals surface area (Å²) in [5.74, 6) is 0. The van der Waals surface area contributed by atoms with E-state index in [-0.39, 0.29) is 13.2 Å². The van der Waals surface area contributed by atoms with Crippen molar-refractivity contribution in [2.75, 3.05) is 26.9 Å². The highest BCUT2D eigenvalue weighted by molar-refractivity contribution is 5.66. The zero-order valence-electron chi connectivity index (χ0n) is 29.3. The molecule has 0 saturated heterocycles. The van der Waals surface area contributed by atoms with E-state index in [2.05, 4.69) is 48.6 Å². The lowest BCUT2D eigenvalue weighted by molar-refractivity contribution is -0.0681. The van der Waals surface area contributed by atoms with E-state index in [0.29, 0.717) is 6.61 Å². The first-order valence-corrected chi connectivity index (χ1v) is 18.5. The Morgan fingerprint density at radius 1 is 0.574 bits per heavy atom. The lowest BCUT2D eigenvalue weighted by Crippen LogP contribution is -2.39. The number of carbonyl (C=O) groups is 1. The molecule has 0 bridgehead atoms. The summed E-state index contributed by atoms with van der Waals surface area (Å²) in [6.07, 6.45) is 20.4. The number of amides is 1. The van der Waals surface area contributed by atoms with Gasteiger partial charge in [0.25, 0.3) is 0 Å². The van der Waals surface area contributed by atoms with Crippen molar-refractivity contribution in [1.29, 1.82) is 0 Å². The Labute approximate surface area is 285 Å². The number of nitrogens with one attached hydrogen (secondary N) is 1. The van der Waals surface area contributed by atoms with Crippen LogP contribution in [0.5, 0.6) is 0 Å². The summed E-state index contributed by atoms with van der Waals surface area (Å²) >= 11 is 0. The number of alkyl carbamates (subject to hydrolysis) is 1. The molecule has 0 spiro atoms. The Bertz CT molecular complexity index is 1070. The quantitative estimate of drug-likeness (QED) is 0.0698. The van der Waals surface area contributed by atoms with Gasteiger partial charge in [-0.1, -0.05) is 194 Å². The highest BCUT2D eigenvalue weighted by atomic mass is 16.6. The van der Waals surface area contributed by atoms with Crippen molar-refractivity contribution in [2.24, 2.45) is 0 Å². The molecule has 0 unspecified atom stereocenters. The molecule has 5 heteroatoms. The van der Waals surface area contributed by atoms with Gasteiger partial charge in [0.05, 0.1) is 13.2 Å². The third kappa shape index (κ3) is 14.2. The number of benzene rings is 3. The second kappa shape index (κ2) is 24.1. The Kier molecular flexibility index (Phi) is 19.6. The maximum absolute atomic E-state index is 12.3. The van der Waals surface area contributed by atoms with Crippen molar-refractivity contribution in [2.45, 2.75) is 121 Å². The van der Waals surface area contributed by atoms with E-state index in [1.165, 1.54) is 89.9 Å². The monoisotopic (exact) mass is 643 g/mol. The molecule has 258 valence electrons. The average Bonchev–Trinajstić information content (AvgIpc) is 3.12. The highest BCUT2D eigenvalue weighted by Crippen LogP contribution is 2.40. The van der Waals surface area contributed by atoms with E-state index >= 15 is 0 Å². The summed E-state index contributed by atoms with van der Waals surface area (Å²) in [6.45, 7) is 3.38. The Morgan fingerprint density at radius 3 is 1.34 bits per heavy atom. The van der Waals surface area contributed by atoms with Crippen LogP contribution in [0.4, 0.5) is 4.79 Å². The van der Waals surface area contributed by atoms with Gasteiger partial charge in [0, 0.05) is 13.7 Å². The molecule has 47 heavy (non-hydrogen) atoms. The first kappa shape index (κ1) is 38.3. The van der Waals surface area contributed by atoms with Crippen molar-refractivity contribution in [3.8, 4) is 0 Å². The average molecular weight is 644 g/mol. The van der Waals surface area contributed by atoms with E-state index < -0.39 is 17.8 Å². The minimum atomic E-state index is -0.887. The van der Waals surface area contributed by atoms with Crippen LogP contribution in [-0.4, -0.2) is 39.1 Å². The summed E-state index contributed by atoms with van der Waals surface area (Å²) < 4.78 is 18.7. The zero-order valence-corrected chi connectivity index (χ0v) is 29.3. The first-order valence-electron chi connectivity index (χ1n) is 18.5. The van der Waals surface area contributed by atoms with Crippen molar-refractivity contribution < 1.29 is 19.0 Å². The number of rotatable bonds is 26. The van der Waals surface area contributed by atoms with Gasteiger partial charge in [-0.05, 0) is 23.1 Å². The SMILES string of the molecule is CCCCCCCCCCCCCCCCCCOC[C@H](COC(c1ccccc1)(c1ccccc1)c1ccccc1)OC(=O)NC. The van der Waals surface area contributed by atoms with Gasteiger partial charge in [-0.25, -0.2) is 4.79 Å². The maximum atomic E-state index is 12.3. The molecule has 0 saturated carbocycles. The van der Waals surface area contributed by atoms with Crippen molar-refractivity contribution in [3.63, 3.8) is 0 Å². The molecular formula is C42H61NO4. The third-order valence-corrected chi connectivity index (χ3v) is 8.95. The zero-order chi connectivity index (χ0) is 33.3. The molecule has 1 atom stereocenters. The minimum absolute atomic E-state index is 0.172. The van der Waals surface area contributed by atoms with E-state index in [1.54, 1.807) is 7.05 Å². The smallest absolute Gasteiger partial charge is 0.407 e. The molecule has 0 radical (unpaired) electrons. The normalized spacial score (nSPS) is 12.1. The molecule has 0 aliphatic carbocycles. The molecule has 0 aromatic heterocycles. The number of carbonyl (C=O) groups excluding carboxylic acids is 1. The van der Waals surface area contributed by atoms with Gasteiger partial charge in [0.15, 0.2) is 6.10 Å². The summed E-state index contributed by atoms with van der Waals surface area (Å²) in [7, 11) is 1.57.